The minimum atomic E-state index is -0.0739. The number of rotatable bonds is 5. The van der Waals surface area contributed by atoms with Gasteiger partial charge in [0.2, 0.25) is 5.91 Å². The van der Waals surface area contributed by atoms with Crippen LogP contribution >= 0.6 is 0 Å². The molecule has 0 spiro atoms. The maximum absolute atomic E-state index is 11.8. The molecule has 3 N–H and O–H groups in total. The van der Waals surface area contributed by atoms with E-state index in [9.17, 15) is 4.79 Å². The van der Waals surface area contributed by atoms with E-state index in [0.29, 0.717) is 13.0 Å². The summed E-state index contributed by atoms with van der Waals surface area (Å²) in [4.78, 5) is 11.8. The Hall–Kier alpha value is -1.29. The molecular formula is C15H27N3O. The van der Waals surface area contributed by atoms with Crippen LogP contribution in [0.5, 0.6) is 0 Å². The highest BCUT2D eigenvalue weighted by molar-refractivity contribution is 5.76. The molecule has 0 aliphatic rings. The fraction of sp³-hybridized carbons (Fsp3) is 0.667. The zero-order valence-corrected chi connectivity index (χ0v) is 12.8. The third kappa shape index (κ3) is 5.47. The van der Waals surface area contributed by atoms with Crippen LogP contribution < -0.4 is 11.1 Å². The molecule has 108 valence electrons. The lowest BCUT2D eigenvalue weighted by molar-refractivity contribution is -0.121. The Morgan fingerprint density at radius 3 is 2.53 bits per heavy atom. The van der Waals surface area contributed by atoms with Crippen LogP contribution in [0.2, 0.25) is 0 Å². The smallest absolute Gasteiger partial charge is 0.221 e. The van der Waals surface area contributed by atoms with Gasteiger partial charge in [-0.3, -0.25) is 4.79 Å². The van der Waals surface area contributed by atoms with Crippen LogP contribution in [0.15, 0.2) is 12.1 Å². The SMILES string of the molecule is Cc1ccc(CNC(=O)CC(N)CC(C)(C)C)n1C. The summed E-state index contributed by atoms with van der Waals surface area (Å²) in [7, 11) is 2.00. The molecule has 1 unspecified atom stereocenters. The summed E-state index contributed by atoms with van der Waals surface area (Å²) in [6.45, 7) is 9.02. The highest BCUT2D eigenvalue weighted by Gasteiger charge is 2.18. The molecule has 0 aliphatic heterocycles. The van der Waals surface area contributed by atoms with Crippen LogP contribution in [-0.2, 0) is 18.4 Å². The second-order valence-electron chi connectivity index (χ2n) is 6.53. The molecular weight excluding hydrogens is 238 g/mol. The van der Waals surface area contributed by atoms with Gasteiger partial charge in [-0.15, -0.1) is 0 Å². The summed E-state index contributed by atoms with van der Waals surface area (Å²) in [5.41, 5.74) is 8.45. The van der Waals surface area contributed by atoms with Crippen molar-refractivity contribution in [1.82, 2.24) is 9.88 Å². The van der Waals surface area contributed by atoms with E-state index in [1.807, 2.05) is 26.1 Å². The highest BCUT2D eigenvalue weighted by atomic mass is 16.1. The van der Waals surface area contributed by atoms with Crippen molar-refractivity contribution in [1.29, 1.82) is 0 Å². The molecule has 19 heavy (non-hydrogen) atoms. The van der Waals surface area contributed by atoms with E-state index in [-0.39, 0.29) is 17.4 Å². The first kappa shape index (κ1) is 15.8. The van der Waals surface area contributed by atoms with Gasteiger partial charge in [0.1, 0.15) is 0 Å². The average Bonchev–Trinajstić information content (AvgIpc) is 2.54. The topological polar surface area (TPSA) is 60.1 Å². The van der Waals surface area contributed by atoms with E-state index in [4.69, 9.17) is 5.73 Å². The Morgan fingerprint density at radius 2 is 2.05 bits per heavy atom. The van der Waals surface area contributed by atoms with Crippen LogP contribution in [0.25, 0.3) is 0 Å². The quantitative estimate of drug-likeness (QED) is 0.856. The molecule has 0 aliphatic carbocycles. The molecule has 4 nitrogen and oxygen atoms in total. The molecule has 0 bridgehead atoms. The lowest BCUT2D eigenvalue weighted by atomic mass is 9.87. The van der Waals surface area contributed by atoms with Gasteiger partial charge in [0.05, 0.1) is 6.54 Å². The molecule has 1 aromatic heterocycles. The molecule has 1 rings (SSSR count). The Bertz CT molecular complexity index is 429. The fourth-order valence-electron chi connectivity index (χ4n) is 2.20. The first-order valence-electron chi connectivity index (χ1n) is 6.82. The van der Waals surface area contributed by atoms with E-state index in [1.165, 1.54) is 5.69 Å². The van der Waals surface area contributed by atoms with Gasteiger partial charge in [0.25, 0.3) is 0 Å². The molecule has 0 radical (unpaired) electrons. The molecule has 1 amide bonds. The molecule has 0 fully saturated rings. The predicted octanol–water partition coefficient (Wildman–Crippen LogP) is 2.10. The van der Waals surface area contributed by atoms with E-state index >= 15 is 0 Å². The van der Waals surface area contributed by atoms with E-state index in [0.717, 1.165) is 12.1 Å². The first-order valence-corrected chi connectivity index (χ1v) is 6.82. The van der Waals surface area contributed by atoms with Crippen molar-refractivity contribution in [2.24, 2.45) is 18.2 Å². The minimum absolute atomic E-state index is 0.0237. The zero-order chi connectivity index (χ0) is 14.6. The van der Waals surface area contributed by atoms with Crippen molar-refractivity contribution in [2.75, 3.05) is 0 Å². The van der Waals surface area contributed by atoms with Gasteiger partial charge < -0.3 is 15.6 Å². The van der Waals surface area contributed by atoms with Crippen molar-refractivity contribution in [3.8, 4) is 0 Å². The van der Waals surface area contributed by atoms with Crippen LogP contribution in [0.1, 0.15) is 45.0 Å². The number of nitrogens with zero attached hydrogens (tertiary/aromatic N) is 1. The van der Waals surface area contributed by atoms with Crippen molar-refractivity contribution in [3.05, 3.63) is 23.5 Å². The van der Waals surface area contributed by atoms with Gasteiger partial charge in [0, 0.05) is 30.9 Å². The minimum Gasteiger partial charge on any atom is -0.350 e. The van der Waals surface area contributed by atoms with Gasteiger partial charge in [-0.1, -0.05) is 20.8 Å². The largest absolute Gasteiger partial charge is 0.350 e. The highest BCUT2D eigenvalue weighted by Crippen LogP contribution is 2.20. The summed E-state index contributed by atoms with van der Waals surface area (Å²) >= 11 is 0. The third-order valence-corrected chi connectivity index (χ3v) is 3.27. The third-order valence-electron chi connectivity index (χ3n) is 3.27. The number of nitrogens with two attached hydrogens (primary N) is 1. The van der Waals surface area contributed by atoms with Crippen LogP contribution in [0.3, 0.4) is 0 Å². The molecule has 4 heteroatoms. The second kappa shape index (κ2) is 6.24. The lowest BCUT2D eigenvalue weighted by Crippen LogP contribution is -2.34. The number of hydrogen-bond acceptors (Lipinski definition) is 2. The summed E-state index contributed by atoms with van der Waals surface area (Å²) in [5, 5.41) is 2.93. The number of hydrogen-bond donors (Lipinski definition) is 2. The van der Waals surface area contributed by atoms with Crippen molar-refractivity contribution in [2.45, 2.75) is 53.1 Å². The maximum Gasteiger partial charge on any atom is 0.221 e. The van der Waals surface area contributed by atoms with E-state index < -0.39 is 0 Å². The van der Waals surface area contributed by atoms with Gasteiger partial charge in [-0.2, -0.15) is 0 Å². The van der Waals surface area contributed by atoms with E-state index in [2.05, 4.69) is 30.7 Å². The fourth-order valence-corrected chi connectivity index (χ4v) is 2.20. The average molecular weight is 265 g/mol. The molecule has 1 atom stereocenters. The first-order chi connectivity index (χ1) is 8.69. The molecule has 0 saturated heterocycles. The molecule has 1 aromatic rings. The summed E-state index contributed by atoms with van der Waals surface area (Å²) < 4.78 is 2.08. The Labute approximate surface area is 116 Å². The second-order valence-corrected chi connectivity index (χ2v) is 6.53. The number of carbonyl (C=O) groups is 1. The van der Waals surface area contributed by atoms with Crippen LogP contribution in [0.4, 0.5) is 0 Å². The standard InChI is InChI=1S/C15H27N3O/c1-11-6-7-13(18(11)5)10-17-14(19)8-12(16)9-15(2,3)4/h6-7,12H,8-10,16H2,1-5H3,(H,17,19). The predicted molar refractivity (Wildman–Crippen MR) is 78.7 cm³/mol. The van der Waals surface area contributed by atoms with Gasteiger partial charge in [-0.25, -0.2) is 0 Å². The number of amides is 1. The van der Waals surface area contributed by atoms with Gasteiger partial charge in [0.15, 0.2) is 0 Å². The lowest BCUT2D eigenvalue weighted by Gasteiger charge is -2.22. The maximum atomic E-state index is 11.8. The van der Waals surface area contributed by atoms with E-state index in [1.54, 1.807) is 0 Å². The Morgan fingerprint density at radius 1 is 1.42 bits per heavy atom. The molecule has 1 heterocycles. The zero-order valence-electron chi connectivity index (χ0n) is 12.8. The molecule has 0 aromatic carbocycles. The van der Waals surface area contributed by atoms with Crippen LogP contribution in [-0.4, -0.2) is 16.5 Å². The number of aromatic nitrogens is 1. The van der Waals surface area contributed by atoms with Crippen molar-refractivity contribution in [3.63, 3.8) is 0 Å². The Kier molecular flexibility index (Phi) is 5.18. The molecule has 0 saturated carbocycles. The Balaban J connectivity index is 2.38. The monoisotopic (exact) mass is 265 g/mol. The summed E-state index contributed by atoms with van der Waals surface area (Å²) in [5.74, 6) is 0.0237. The number of carbonyl (C=O) groups excluding carboxylic acids is 1. The van der Waals surface area contributed by atoms with Gasteiger partial charge in [-0.05, 0) is 30.9 Å². The summed E-state index contributed by atoms with van der Waals surface area (Å²) in [6.07, 6.45) is 1.24. The van der Waals surface area contributed by atoms with Crippen LogP contribution in [0, 0.1) is 12.3 Å². The number of nitrogens with one attached hydrogen (secondary N) is 1. The van der Waals surface area contributed by atoms with Crippen molar-refractivity contribution < 1.29 is 4.79 Å². The summed E-state index contributed by atoms with van der Waals surface area (Å²) in [6, 6.07) is 4.01. The van der Waals surface area contributed by atoms with Crippen molar-refractivity contribution >= 4 is 5.91 Å². The number of aryl methyl sites for hydroxylation is 1. The van der Waals surface area contributed by atoms with Gasteiger partial charge >= 0.3 is 0 Å². The normalized spacial score (nSPS) is 13.4.